The maximum absolute atomic E-state index is 12.8. The molecular weight excluding hydrogens is 510 g/mol. The van der Waals surface area contributed by atoms with Crippen molar-refractivity contribution in [2.75, 3.05) is 6.61 Å². The third kappa shape index (κ3) is 4.85. The lowest BCUT2D eigenvalue weighted by Gasteiger charge is -2.20. The van der Waals surface area contributed by atoms with Gasteiger partial charge in [0.25, 0.3) is 11.6 Å². The molecule has 2 heterocycles. The number of hydrazone groups is 1. The first-order chi connectivity index (χ1) is 17.1. The van der Waals surface area contributed by atoms with Crippen molar-refractivity contribution in [2.45, 2.75) is 25.2 Å². The van der Waals surface area contributed by atoms with Crippen LogP contribution in [0, 0.1) is 15.5 Å². The molecule has 4 rings (SSSR count). The lowest BCUT2D eigenvalue weighted by molar-refractivity contribution is -0.387. The molecule has 0 spiro atoms. The first-order valence-electron chi connectivity index (χ1n) is 10.6. The number of benzene rings is 2. The van der Waals surface area contributed by atoms with E-state index in [9.17, 15) is 23.3 Å². The van der Waals surface area contributed by atoms with Crippen LogP contribution in [0.25, 0.3) is 6.08 Å². The number of amidine groups is 2. The molecule has 2 aliphatic rings. The van der Waals surface area contributed by atoms with Crippen LogP contribution in [0.3, 0.4) is 0 Å². The second-order valence-electron chi connectivity index (χ2n) is 7.27. The minimum atomic E-state index is -4.57. The van der Waals surface area contributed by atoms with Gasteiger partial charge in [-0.05, 0) is 54.9 Å². The molecule has 2 aromatic carbocycles. The summed E-state index contributed by atoms with van der Waals surface area (Å²) in [5.41, 5.74) is -0.226. The number of hydrogen-bond acceptors (Lipinski definition) is 10. The Kier molecular flexibility index (Phi) is 6.90. The summed E-state index contributed by atoms with van der Waals surface area (Å²) in [6, 6.07) is 9.01. The average Bonchev–Trinajstić information content (AvgIpc) is 3.26. The summed E-state index contributed by atoms with van der Waals surface area (Å²) in [6.07, 6.45) is 2.05. The van der Waals surface area contributed by atoms with Gasteiger partial charge in [0, 0.05) is 6.07 Å². The smallest absolute Gasteiger partial charge is 0.346 e. The van der Waals surface area contributed by atoms with Gasteiger partial charge in [0.2, 0.25) is 5.17 Å². The summed E-state index contributed by atoms with van der Waals surface area (Å²) in [4.78, 5) is 26.4. The van der Waals surface area contributed by atoms with Gasteiger partial charge in [0.05, 0.1) is 17.1 Å². The zero-order chi connectivity index (χ0) is 26.0. The summed E-state index contributed by atoms with van der Waals surface area (Å²) in [5.74, 6) is -0.923. The Bertz CT molecular complexity index is 1480. The fourth-order valence-electron chi connectivity index (χ4n) is 3.28. The molecule has 0 unspecified atom stereocenters. The van der Waals surface area contributed by atoms with E-state index >= 15 is 0 Å². The van der Waals surface area contributed by atoms with Crippen molar-refractivity contribution in [3.05, 3.63) is 63.7 Å². The van der Waals surface area contributed by atoms with Crippen molar-refractivity contribution in [3.63, 3.8) is 0 Å². The van der Waals surface area contributed by atoms with Crippen molar-refractivity contribution in [1.82, 2.24) is 5.01 Å². The van der Waals surface area contributed by atoms with Crippen LogP contribution in [0.1, 0.15) is 25.8 Å². The monoisotopic (exact) mass is 529 g/mol. The maximum atomic E-state index is 12.8. The number of para-hydroxylation sites is 1. The average molecular weight is 530 g/mol. The van der Waals surface area contributed by atoms with Crippen LogP contribution >= 0.6 is 11.8 Å². The summed E-state index contributed by atoms with van der Waals surface area (Å²) in [5, 5.41) is 26.3. The molecule has 0 radical (unpaired) electrons. The zero-order valence-corrected chi connectivity index (χ0v) is 20.6. The van der Waals surface area contributed by atoms with Crippen molar-refractivity contribution in [3.8, 4) is 11.5 Å². The lowest BCUT2D eigenvalue weighted by Crippen LogP contribution is -2.35. The maximum Gasteiger partial charge on any atom is 0.346 e. The fraction of sp³-hybridized carbons (Fsp3) is 0.182. The summed E-state index contributed by atoms with van der Waals surface area (Å²) in [6.45, 7) is 3.74. The number of amides is 1. The van der Waals surface area contributed by atoms with Crippen LogP contribution in [0.5, 0.6) is 11.5 Å². The van der Waals surface area contributed by atoms with Crippen molar-refractivity contribution >= 4 is 55.6 Å². The van der Waals surface area contributed by atoms with Crippen molar-refractivity contribution in [2.24, 2.45) is 10.1 Å². The number of nitrogens with one attached hydrogen (secondary N) is 1. The quantitative estimate of drug-likeness (QED) is 0.232. The molecule has 0 aromatic heterocycles. The third-order valence-electron chi connectivity index (χ3n) is 4.91. The first-order valence-corrected chi connectivity index (χ1v) is 12.8. The molecule has 1 N–H and O–H groups in total. The number of carbonyl (C=O) groups excluding carboxylic acids is 1. The molecule has 0 fully saturated rings. The van der Waals surface area contributed by atoms with Crippen LogP contribution < -0.4 is 8.92 Å². The van der Waals surface area contributed by atoms with Gasteiger partial charge in [-0.15, -0.1) is 0 Å². The van der Waals surface area contributed by atoms with E-state index < -0.39 is 31.5 Å². The Morgan fingerprint density at radius 3 is 2.64 bits per heavy atom. The van der Waals surface area contributed by atoms with Gasteiger partial charge in [0.1, 0.15) is 5.04 Å². The van der Waals surface area contributed by atoms with Crippen LogP contribution in [0.4, 0.5) is 5.69 Å². The normalized spacial score (nSPS) is 16.5. The number of nitro groups is 1. The van der Waals surface area contributed by atoms with E-state index in [1.807, 2.05) is 6.92 Å². The Hall–Kier alpha value is -4.04. The van der Waals surface area contributed by atoms with E-state index in [2.05, 4.69) is 10.1 Å². The largest absolute Gasteiger partial charge is 0.490 e. The van der Waals surface area contributed by atoms with E-state index in [4.69, 9.17) is 14.3 Å². The number of nitrogens with zero attached hydrogens (tertiary/aromatic N) is 4. The second kappa shape index (κ2) is 9.91. The molecule has 12 nitrogen and oxygen atoms in total. The van der Waals surface area contributed by atoms with Gasteiger partial charge < -0.3 is 8.92 Å². The van der Waals surface area contributed by atoms with Crippen LogP contribution in [0.2, 0.25) is 0 Å². The highest BCUT2D eigenvalue weighted by Gasteiger charge is 2.35. The topological polar surface area (TPSA) is 165 Å². The molecule has 14 heteroatoms. The highest BCUT2D eigenvalue weighted by Crippen LogP contribution is 2.35. The minimum Gasteiger partial charge on any atom is -0.490 e. The van der Waals surface area contributed by atoms with Crippen LogP contribution in [0.15, 0.2) is 63.0 Å². The first kappa shape index (κ1) is 25.1. The van der Waals surface area contributed by atoms with Gasteiger partial charge in [-0.25, -0.2) is 0 Å². The lowest BCUT2D eigenvalue weighted by atomic mass is 10.1. The Balaban J connectivity index is 1.68. The number of hydrogen-bond donors (Lipinski definition) is 1. The van der Waals surface area contributed by atoms with Crippen LogP contribution in [-0.2, 0) is 14.9 Å². The van der Waals surface area contributed by atoms with E-state index in [0.717, 1.165) is 17.2 Å². The predicted octanol–water partition coefficient (Wildman–Crippen LogP) is 3.79. The predicted molar refractivity (Wildman–Crippen MR) is 134 cm³/mol. The Morgan fingerprint density at radius 1 is 1.19 bits per heavy atom. The number of carbonyl (C=O) groups is 1. The van der Waals surface area contributed by atoms with E-state index in [-0.39, 0.29) is 29.5 Å². The molecule has 186 valence electrons. The Morgan fingerprint density at radius 2 is 1.94 bits per heavy atom. The molecule has 0 saturated heterocycles. The number of nitro benzene ring substituents is 1. The van der Waals surface area contributed by atoms with E-state index in [1.165, 1.54) is 53.2 Å². The number of fused-ring (bicyclic) bond motifs is 1. The third-order valence-corrected chi connectivity index (χ3v) is 7.24. The molecule has 1 amide bonds. The van der Waals surface area contributed by atoms with Crippen molar-refractivity contribution < 1.29 is 27.1 Å². The van der Waals surface area contributed by atoms with Gasteiger partial charge in [-0.1, -0.05) is 25.1 Å². The number of rotatable bonds is 8. The van der Waals surface area contributed by atoms with Crippen LogP contribution in [-0.4, -0.2) is 46.9 Å². The highest BCUT2D eigenvalue weighted by atomic mass is 32.2. The molecule has 2 aromatic rings. The summed E-state index contributed by atoms with van der Waals surface area (Å²) >= 11 is 1.23. The molecule has 0 aliphatic carbocycles. The number of aliphatic imine (C=N–C) groups is 1. The van der Waals surface area contributed by atoms with Gasteiger partial charge in [-0.3, -0.25) is 20.3 Å². The SMILES string of the molecule is CCOc1cc(/C=C2/C(=N)N3N=C(CC)SC3=NC2=O)ccc1OS(=O)(=O)c1ccccc1[N+](=O)[O-]. The molecule has 36 heavy (non-hydrogen) atoms. The molecular formula is C22H19N5O7S2. The molecule has 0 saturated carbocycles. The number of thioether (sulfide) groups is 1. The zero-order valence-electron chi connectivity index (χ0n) is 19.0. The van der Waals surface area contributed by atoms with Gasteiger partial charge in [-0.2, -0.15) is 23.5 Å². The Labute approximate surface area is 210 Å². The minimum absolute atomic E-state index is 0.0101. The standard InChI is InChI=1S/C22H19N5O7S2/c1-3-19-25-26-20(23)14(21(28)24-22(26)35-19)11-13-9-10-16(17(12-13)33-4-2)34-36(31,32)18-8-6-5-7-15(18)27(29)30/h5-12,23H,3-4H2,1-2H3/b14-11-,23-20?. The van der Waals surface area contributed by atoms with Gasteiger partial charge >= 0.3 is 10.1 Å². The molecule has 0 atom stereocenters. The second-order valence-corrected chi connectivity index (χ2v) is 9.82. The van der Waals surface area contributed by atoms with E-state index in [1.54, 1.807) is 6.92 Å². The van der Waals surface area contributed by atoms with Crippen molar-refractivity contribution in [1.29, 1.82) is 5.41 Å². The summed E-state index contributed by atoms with van der Waals surface area (Å²) < 4.78 is 36.4. The molecule has 2 aliphatic heterocycles. The highest BCUT2D eigenvalue weighted by molar-refractivity contribution is 8.26. The summed E-state index contributed by atoms with van der Waals surface area (Å²) in [7, 11) is -4.57. The van der Waals surface area contributed by atoms with Gasteiger partial charge in [0.15, 0.2) is 22.2 Å². The number of ether oxygens (including phenoxy) is 1. The fourth-order valence-corrected chi connectivity index (χ4v) is 5.21. The van der Waals surface area contributed by atoms with E-state index in [0.29, 0.717) is 17.2 Å². The molecule has 0 bridgehead atoms.